The Balaban J connectivity index is 4.48. The van der Waals surface area contributed by atoms with Crippen LogP contribution in [0.1, 0.15) is 129 Å². The predicted octanol–water partition coefficient (Wildman–Crippen LogP) is 9.21. The second-order valence-electron chi connectivity index (χ2n) is 13.2. The van der Waals surface area contributed by atoms with Gasteiger partial charge in [-0.25, -0.2) is 4.57 Å². The van der Waals surface area contributed by atoms with Crippen molar-refractivity contribution in [3.05, 3.63) is 85.1 Å². The lowest BCUT2D eigenvalue weighted by Gasteiger charge is -2.20. The van der Waals surface area contributed by atoms with Gasteiger partial charge in [-0.15, -0.1) is 0 Å². The van der Waals surface area contributed by atoms with Crippen LogP contribution in [0.3, 0.4) is 0 Å². The lowest BCUT2D eigenvalue weighted by atomic mass is 10.1. The van der Waals surface area contributed by atoms with E-state index in [9.17, 15) is 29.3 Å². The summed E-state index contributed by atoms with van der Waals surface area (Å²) in [5, 5.41) is 20.1. The molecule has 12 heteroatoms. The molecule has 0 bridgehead atoms. The van der Waals surface area contributed by atoms with Crippen molar-refractivity contribution in [3.8, 4) is 0 Å². The van der Waals surface area contributed by atoms with Crippen molar-refractivity contribution in [2.45, 2.75) is 148 Å². The largest absolute Gasteiger partial charge is 0.472 e. The van der Waals surface area contributed by atoms with Gasteiger partial charge in [0.2, 0.25) is 0 Å². The molecule has 0 aromatic carbocycles. The maximum Gasteiger partial charge on any atom is 0.472 e. The van der Waals surface area contributed by atoms with E-state index in [0.29, 0.717) is 25.7 Å². The SMILES string of the molecule is CC/C=C\C/C=C\C/C=C\CCCCCCCC(=O)O[C@H](COC(=O)CCC[C@@H](O)/C=C/C=C\C/C=C\C=C\[C@@H](O)CCCCC)COP(=O)(O)OCCN. The molecule has 0 aromatic heterocycles. The van der Waals surface area contributed by atoms with Gasteiger partial charge >= 0.3 is 19.8 Å². The smallest absolute Gasteiger partial charge is 0.462 e. The zero-order valence-corrected chi connectivity index (χ0v) is 34.5. The number of allylic oxidation sites excluding steroid dienone is 12. The van der Waals surface area contributed by atoms with Crippen LogP contribution in [0.4, 0.5) is 0 Å². The third-order valence-corrected chi connectivity index (χ3v) is 8.96. The summed E-state index contributed by atoms with van der Waals surface area (Å²) in [6.07, 6.45) is 39.7. The van der Waals surface area contributed by atoms with Crippen molar-refractivity contribution < 1.29 is 47.8 Å². The molecule has 11 nitrogen and oxygen atoms in total. The molecule has 5 N–H and O–H groups in total. The Hall–Kier alpha value is -2.89. The van der Waals surface area contributed by atoms with Crippen LogP contribution >= 0.6 is 7.82 Å². The fourth-order valence-electron chi connectivity index (χ4n) is 4.92. The quantitative estimate of drug-likeness (QED) is 0.0157. The molecule has 0 aliphatic heterocycles. The Bertz CT molecular complexity index is 1210. The van der Waals surface area contributed by atoms with Crippen LogP contribution in [0.2, 0.25) is 0 Å². The van der Waals surface area contributed by atoms with Crippen molar-refractivity contribution in [2.24, 2.45) is 5.73 Å². The van der Waals surface area contributed by atoms with Crippen LogP contribution < -0.4 is 5.73 Å². The molecule has 0 radical (unpaired) electrons. The van der Waals surface area contributed by atoms with Crippen LogP contribution in [-0.4, -0.2) is 71.7 Å². The summed E-state index contributed by atoms with van der Waals surface area (Å²) in [7, 11) is -4.44. The number of nitrogens with two attached hydrogens (primary N) is 1. The molecule has 55 heavy (non-hydrogen) atoms. The number of hydrogen-bond acceptors (Lipinski definition) is 10. The molecule has 0 aliphatic carbocycles. The standard InChI is InChI=1S/C43H72NO10P/c1-3-5-7-8-9-10-11-12-13-14-15-16-20-23-27-33-43(48)54-41(38-53-55(49,50)52-36-35-44)37-51-42(47)34-28-32-40(46)31-26-22-19-17-18-21-25-30-39(45)29-24-6-4-2/h5,7,9-10,12-13,18-19,21-22,25-26,30-31,39-41,45-46H,3-4,6,8,11,14-17,20,23-24,27-29,32-38,44H2,1-2H3,(H,49,50)/b7-5-,10-9-,13-12-,21-18-,22-19-,30-25+,31-26+/t39-,40-,41+/m0/s1. The normalized spacial score (nSPS) is 15.4. The molecule has 0 fully saturated rings. The highest BCUT2D eigenvalue weighted by atomic mass is 31.2. The summed E-state index contributed by atoms with van der Waals surface area (Å²) in [6, 6.07) is 0. The van der Waals surface area contributed by atoms with Crippen LogP contribution in [0.5, 0.6) is 0 Å². The Morgan fingerprint density at radius 3 is 1.89 bits per heavy atom. The number of aliphatic hydroxyl groups is 2. The minimum absolute atomic E-state index is 0.0128. The summed E-state index contributed by atoms with van der Waals surface area (Å²) in [6.45, 7) is 3.20. The number of rotatable bonds is 36. The first-order chi connectivity index (χ1) is 26.6. The third kappa shape index (κ3) is 37.8. The van der Waals surface area contributed by atoms with Gasteiger partial charge in [0.15, 0.2) is 6.10 Å². The fraction of sp³-hybridized carbons (Fsp3) is 0.628. The highest BCUT2D eigenvalue weighted by Crippen LogP contribution is 2.43. The van der Waals surface area contributed by atoms with Gasteiger partial charge < -0.3 is 30.3 Å². The minimum Gasteiger partial charge on any atom is -0.462 e. The Morgan fingerprint density at radius 2 is 1.24 bits per heavy atom. The lowest BCUT2D eigenvalue weighted by Crippen LogP contribution is -2.29. The average molecular weight is 794 g/mol. The molecule has 4 atom stereocenters. The number of unbranched alkanes of at least 4 members (excludes halogenated alkanes) is 7. The second kappa shape index (κ2) is 38.0. The number of aliphatic hydroxyl groups excluding tert-OH is 2. The van der Waals surface area contributed by atoms with E-state index in [-0.39, 0.29) is 32.6 Å². The molecule has 0 saturated carbocycles. The maximum atomic E-state index is 12.6. The fourth-order valence-corrected chi connectivity index (χ4v) is 5.68. The monoisotopic (exact) mass is 793 g/mol. The number of phosphoric acid groups is 1. The summed E-state index contributed by atoms with van der Waals surface area (Å²) in [4.78, 5) is 34.8. The van der Waals surface area contributed by atoms with Gasteiger partial charge in [0.1, 0.15) is 6.61 Å². The number of carbonyl (C=O) groups excluding carboxylic acids is 2. The molecule has 0 saturated heterocycles. The van der Waals surface area contributed by atoms with Crippen molar-refractivity contribution >= 4 is 19.8 Å². The summed E-state index contributed by atoms with van der Waals surface area (Å²) < 4.78 is 32.5. The zero-order valence-electron chi connectivity index (χ0n) is 33.6. The first-order valence-corrected chi connectivity index (χ1v) is 21.8. The van der Waals surface area contributed by atoms with Gasteiger partial charge in [0.05, 0.1) is 25.4 Å². The first-order valence-electron chi connectivity index (χ1n) is 20.3. The number of ether oxygens (including phenoxy) is 2. The Morgan fingerprint density at radius 1 is 0.655 bits per heavy atom. The minimum atomic E-state index is -4.44. The van der Waals surface area contributed by atoms with Crippen LogP contribution in [0.25, 0.3) is 0 Å². The predicted molar refractivity (Wildman–Crippen MR) is 222 cm³/mol. The van der Waals surface area contributed by atoms with Gasteiger partial charge in [-0.2, -0.15) is 0 Å². The molecule has 0 aromatic rings. The van der Waals surface area contributed by atoms with Gasteiger partial charge in [-0.05, 0) is 64.2 Å². The highest BCUT2D eigenvalue weighted by Gasteiger charge is 2.26. The van der Waals surface area contributed by atoms with Gasteiger partial charge in [-0.3, -0.25) is 18.6 Å². The molecule has 0 rings (SSSR count). The van der Waals surface area contributed by atoms with Crippen molar-refractivity contribution in [3.63, 3.8) is 0 Å². The van der Waals surface area contributed by atoms with E-state index in [1.54, 1.807) is 18.2 Å². The molecule has 1 unspecified atom stereocenters. The van der Waals surface area contributed by atoms with Crippen molar-refractivity contribution in [1.82, 2.24) is 0 Å². The van der Waals surface area contributed by atoms with Crippen LogP contribution in [0.15, 0.2) is 85.1 Å². The first kappa shape index (κ1) is 52.1. The zero-order chi connectivity index (χ0) is 40.7. The number of hydrogen-bond donors (Lipinski definition) is 4. The maximum absolute atomic E-state index is 12.6. The van der Waals surface area contributed by atoms with Crippen LogP contribution in [0, 0.1) is 0 Å². The second-order valence-corrected chi connectivity index (χ2v) is 14.6. The number of phosphoric ester groups is 1. The van der Waals surface area contributed by atoms with E-state index in [0.717, 1.165) is 77.0 Å². The summed E-state index contributed by atoms with van der Waals surface area (Å²) >= 11 is 0. The Labute approximate surface area is 331 Å². The summed E-state index contributed by atoms with van der Waals surface area (Å²) in [5.41, 5.74) is 5.32. The summed E-state index contributed by atoms with van der Waals surface area (Å²) in [5.74, 6) is -1.09. The van der Waals surface area contributed by atoms with E-state index in [1.165, 1.54) is 0 Å². The highest BCUT2D eigenvalue weighted by molar-refractivity contribution is 7.47. The molecule has 314 valence electrons. The molecule has 0 spiro atoms. The molecule has 0 amide bonds. The van der Waals surface area contributed by atoms with Crippen molar-refractivity contribution in [1.29, 1.82) is 0 Å². The average Bonchev–Trinajstić information content (AvgIpc) is 3.16. The van der Waals surface area contributed by atoms with E-state index < -0.39 is 44.7 Å². The van der Waals surface area contributed by atoms with Gasteiger partial charge in [-0.1, -0.05) is 137 Å². The van der Waals surface area contributed by atoms with E-state index >= 15 is 0 Å². The molecular weight excluding hydrogens is 721 g/mol. The molecule has 0 aliphatic rings. The topological polar surface area (TPSA) is 175 Å². The molecule has 0 heterocycles. The van der Waals surface area contributed by atoms with Crippen LogP contribution in [-0.2, 0) is 32.7 Å². The van der Waals surface area contributed by atoms with Gasteiger partial charge in [0.25, 0.3) is 0 Å². The van der Waals surface area contributed by atoms with E-state index in [4.69, 9.17) is 24.3 Å². The van der Waals surface area contributed by atoms with E-state index in [1.807, 2.05) is 30.4 Å². The van der Waals surface area contributed by atoms with Gasteiger partial charge in [0, 0.05) is 19.4 Å². The number of carbonyl (C=O) groups is 2. The molecular formula is C43H72NO10P. The van der Waals surface area contributed by atoms with E-state index in [2.05, 4.69) is 50.3 Å². The van der Waals surface area contributed by atoms with Crippen molar-refractivity contribution in [2.75, 3.05) is 26.4 Å². The third-order valence-electron chi connectivity index (χ3n) is 7.97. The Kier molecular flexibility index (Phi) is 36.0. The lowest BCUT2D eigenvalue weighted by molar-refractivity contribution is -0.161. The number of esters is 2.